The zero-order chi connectivity index (χ0) is 12.4. The van der Waals surface area contributed by atoms with Crippen LogP contribution in [0.15, 0.2) is 48.7 Å². The molecule has 1 unspecified atom stereocenters. The highest BCUT2D eigenvalue weighted by Gasteiger charge is 2.30. The lowest BCUT2D eigenvalue weighted by Gasteiger charge is -2.24. The summed E-state index contributed by atoms with van der Waals surface area (Å²) in [5, 5.41) is 0. The van der Waals surface area contributed by atoms with Crippen molar-refractivity contribution in [2.45, 2.75) is 18.9 Å². The van der Waals surface area contributed by atoms with Gasteiger partial charge in [0.25, 0.3) is 5.91 Å². The monoisotopic (exact) mass is 240 g/mol. The number of H-pyrrole nitrogens is 1. The second kappa shape index (κ2) is 4.69. The highest BCUT2D eigenvalue weighted by molar-refractivity contribution is 5.94. The fourth-order valence-electron chi connectivity index (χ4n) is 2.63. The third kappa shape index (κ3) is 1.92. The third-order valence-corrected chi connectivity index (χ3v) is 3.52. The minimum Gasteiger partial charge on any atom is -0.363 e. The van der Waals surface area contributed by atoms with Crippen molar-refractivity contribution in [3.05, 3.63) is 59.9 Å². The summed E-state index contributed by atoms with van der Waals surface area (Å²) < 4.78 is 0. The molecule has 0 aliphatic carbocycles. The van der Waals surface area contributed by atoms with Gasteiger partial charge in [-0.05, 0) is 37.1 Å². The first kappa shape index (κ1) is 11.1. The van der Waals surface area contributed by atoms with Crippen LogP contribution in [0, 0.1) is 0 Å². The molecule has 1 amide bonds. The maximum atomic E-state index is 12.5. The standard InChI is InChI=1S/C15H16N2O/c18-15(12-6-2-1-3-7-12)17-11-5-9-14(17)13-8-4-10-16-13/h1-4,6-8,10,14,16H,5,9,11H2. The largest absolute Gasteiger partial charge is 0.363 e. The van der Waals surface area contributed by atoms with Crippen LogP contribution >= 0.6 is 0 Å². The number of likely N-dealkylation sites (tertiary alicyclic amines) is 1. The summed E-state index contributed by atoms with van der Waals surface area (Å²) in [6, 6.07) is 13.8. The van der Waals surface area contributed by atoms with Gasteiger partial charge in [0, 0.05) is 24.0 Å². The van der Waals surface area contributed by atoms with E-state index in [4.69, 9.17) is 0 Å². The van der Waals surface area contributed by atoms with Gasteiger partial charge in [0.05, 0.1) is 6.04 Å². The molecule has 1 aromatic carbocycles. The molecular formula is C15H16N2O. The summed E-state index contributed by atoms with van der Waals surface area (Å²) in [5.74, 6) is 0.132. The van der Waals surface area contributed by atoms with Gasteiger partial charge in [-0.25, -0.2) is 0 Å². The molecule has 0 saturated carbocycles. The van der Waals surface area contributed by atoms with Gasteiger partial charge in [-0.2, -0.15) is 0 Å². The van der Waals surface area contributed by atoms with Crippen LogP contribution in [0.3, 0.4) is 0 Å². The fraction of sp³-hybridized carbons (Fsp3) is 0.267. The van der Waals surface area contributed by atoms with Crippen LogP contribution in [0.25, 0.3) is 0 Å². The van der Waals surface area contributed by atoms with Gasteiger partial charge in [0.2, 0.25) is 0 Å². The SMILES string of the molecule is O=C(c1ccccc1)N1CCCC1c1ccc[nH]1. The van der Waals surface area contributed by atoms with Gasteiger partial charge in [-0.15, -0.1) is 0 Å². The zero-order valence-corrected chi connectivity index (χ0v) is 10.2. The smallest absolute Gasteiger partial charge is 0.254 e. The molecule has 1 aliphatic heterocycles. The predicted octanol–water partition coefficient (Wildman–Crippen LogP) is 2.99. The van der Waals surface area contributed by atoms with Crippen LogP contribution in [0.1, 0.15) is 34.9 Å². The van der Waals surface area contributed by atoms with Crippen molar-refractivity contribution in [3.8, 4) is 0 Å². The second-order valence-electron chi connectivity index (χ2n) is 4.65. The van der Waals surface area contributed by atoms with Gasteiger partial charge in [-0.3, -0.25) is 4.79 Å². The lowest BCUT2D eigenvalue weighted by molar-refractivity contribution is 0.0733. The average Bonchev–Trinajstić information content (AvgIpc) is 3.09. The molecule has 2 aromatic rings. The van der Waals surface area contributed by atoms with Crippen molar-refractivity contribution in [2.75, 3.05) is 6.54 Å². The molecule has 1 aliphatic rings. The number of carbonyl (C=O) groups is 1. The minimum atomic E-state index is 0.132. The molecule has 3 heteroatoms. The number of benzene rings is 1. The Hall–Kier alpha value is -2.03. The Balaban J connectivity index is 1.85. The molecule has 0 spiro atoms. The highest BCUT2D eigenvalue weighted by Crippen LogP contribution is 2.31. The first-order chi connectivity index (χ1) is 8.86. The number of amides is 1. The maximum absolute atomic E-state index is 12.5. The lowest BCUT2D eigenvalue weighted by Crippen LogP contribution is -2.30. The number of aromatic nitrogens is 1. The Morgan fingerprint density at radius 1 is 1.17 bits per heavy atom. The molecule has 3 nitrogen and oxygen atoms in total. The summed E-state index contributed by atoms with van der Waals surface area (Å²) in [4.78, 5) is 17.7. The quantitative estimate of drug-likeness (QED) is 0.860. The fourth-order valence-corrected chi connectivity index (χ4v) is 2.63. The Labute approximate surface area is 106 Å². The Morgan fingerprint density at radius 2 is 2.00 bits per heavy atom. The molecule has 0 bridgehead atoms. The second-order valence-corrected chi connectivity index (χ2v) is 4.65. The van der Waals surface area contributed by atoms with Crippen molar-refractivity contribution in [1.82, 2.24) is 9.88 Å². The van der Waals surface area contributed by atoms with Gasteiger partial charge in [0.15, 0.2) is 0 Å². The van der Waals surface area contributed by atoms with Crippen molar-refractivity contribution in [2.24, 2.45) is 0 Å². The van der Waals surface area contributed by atoms with Crippen LogP contribution in [-0.4, -0.2) is 22.3 Å². The Morgan fingerprint density at radius 3 is 2.72 bits per heavy atom. The summed E-state index contributed by atoms with van der Waals surface area (Å²) in [7, 11) is 0. The summed E-state index contributed by atoms with van der Waals surface area (Å²) in [6.07, 6.45) is 4.03. The van der Waals surface area contributed by atoms with E-state index in [1.54, 1.807) is 0 Å². The third-order valence-electron chi connectivity index (χ3n) is 3.52. The average molecular weight is 240 g/mol. The maximum Gasteiger partial charge on any atom is 0.254 e. The minimum absolute atomic E-state index is 0.132. The molecular weight excluding hydrogens is 224 g/mol. The number of nitrogens with one attached hydrogen (secondary N) is 1. The summed E-state index contributed by atoms with van der Waals surface area (Å²) in [6.45, 7) is 0.845. The predicted molar refractivity (Wildman–Crippen MR) is 70.2 cm³/mol. The zero-order valence-electron chi connectivity index (χ0n) is 10.2. The van der Waals surface area contributed by atoms with E-state index in [0.29, 0.717) is 0 Å². The number of aromatic amines is 1. The van der Waals surface area contributed by atoms with E-state index in [1.807, 2.05) is 47.5 Å². The molecule has 1 fully saturated rings. The molecule has 18 heavy (non-hydrogen) atoms. The molecule has 2 heterocycles. The molecule has 3 rings (SSSR count). The summed E-state index contributed by atoms with van der Waals surface area (Å²) >= 11 is 0. The van der Waals surface area contributed by atoms with E-state index in [1.165, 1.54) is 0 Å². The molecule has 1 saturated heterocycles. The molecule has 1 atom stereocenters. The topological polar surface area (TPSA) is 36.1 Å². The van der Waals surface area contributed by atoms with Gasteiger partial charge < -0.3 is 9.88 Å². The van der Waals surface area contributed by atoms with Crippen LogP contribution in [-0.2, 0) is 0 Å². The van der Waals surface area contributed by atoms with Crippen molar-refractivity contribution in [1.29, 1.82) is 0 Å². The number of nitrogens with zero attached hydrogens (tertiary/aromatic N) is 1. The van der Waals surface area contributed by atoms with Crippen molar-refractivity contribution >= 4 is 5.91 Å². The van der Waals surface area contributed by atoms with Gasteiger partial charge in [0.1, 0.15) is 0 Å². The molecule has 1 aromatic heterocycles. The van der Waals surface area contributed by atoms with E-state index in [0.717, 1.165) is 30.6 Å². The highest BCUT2D eigenvalue weighted by atomic mass is 16.2. The molecule has 92 valence electrons. The van der Waals surface area contributed by atoms with Gasteiger partial charge in [-0.1, -0.05) is 18.2 Å². The molecule has 0 radical (unpaired) electrons. The van der Waals surface area contributed by atoms with Crippen LogP contribution in [0.4, 0.5) is 0 Å². The summed E-state index contributed by atoms with van der Waals surface area (Å²) in [5.41, 5.74) is 1.91. The van der Waals surface area contributed by atoms with E-state index in [9.17, 15) is 4.79 Å². The number of rotatable bonds is 2. The first-order valence-corrected chi connectivity index (χ1v) is 6.35. The Kier molecular flexibility index (Phi) is 2.89. The number of hydrogen-bond acceptors (Lipinski definition) is 1. The van der Waals surface area contributed by atoms with E-state index >= 15 is 0 Å². The van der Waals surface area contributed by atoms with E-state index in [2.05, 4.69) is 11.1 Å². The van der Waals surface area contributed by atoms with E-state index in [-0.39, 0.29) is 11.9 Å². The van der Waals surface area contributed by atoms with Crippen LogP contribution in [0.5, 0.6) is 0 Å². The van der Waals surface area contributed by atoms with Crippen molar-refractivity contribution in [3.63, 3.8) is 0 Å². The molecule has 1 N–H and O–H groups in total. The van der Waals surface area contributed by atoms with E-state index < -0.39 is 0 Å². The van der Waals surface area contributed by atoms with Crippen LogP contribution < -0.4 is 0 Å². The normalized spacial score (nSPS) is 19.1. The van der Waals surface area contributed by atoms with Gasteiger partial charge >= 0.3 is 0 Å². The number of carbonyl (C=O) groups excluding carboxylic acids is 1. The lowest BCUT2D eigenvalue weighted by atomic mass is 10.1. The van der Waals surface area contributed by atoms with Crippen molar-refractivity contribution < 1.29 is 4.79 Å². The Bertz CT molecular complexity index is 519. The van der Waals surface area contributed by atoms with Crippen LogP contribution in [0.2, 0.25) is 0 Å². The first-order valence-electron chi connectivity index (χ1n) is 6.35. The number of hydrogen-bond donors (Lipinski definition) is 1.